The van der Waals surface area contributed by atoms with E-state index in [0.29, 0.717) is 12.5 Å². The third kappa shape index (κ3) is 3.35. The van der Waals surface area contributed by atoms with Crippen LogP contribution in [0.3, 0.4) is 0 Å². The summed E-state index contributed by atoms with van der Waals surface area (Å²) in [6.07, 6.45) is 4.97. The molecule has 3 N–H and O–H groups in total. The highest BCUT2D eigenvalue weighted by atomic mass is 16.1. The van der Waals surface area contributed by atoms with Crippen molar-refractivity contribution in [2.24, 2.45) is 17.6 Å². The number of nitrogens with zero attached hydrogens (tertiary/aromatic N) is 2. The van der Waals surface area contributed by atoms with Gasteiger partial charge >= 0.3 is 0 Å². The Morgan fingerprint density at radius 3 is 2.77 bits per heavy atom. The number of anilines is 1. The topological polar surface area (TPSA) is 72.9 Å². The number of aromatic nitrogens is 2. The molecule has 134 valence electrons. The van der Waals surface area contributed by atoms with E-state index < -0.39 is 0 Å². The normalized spacial score (nSPS) is 19.7. The van der Waals surface area contributed by atoms with Gasteiger partial charge in [0.1, 0.15) is 0 Å². The van der Waals surface area contributed by atoms with Crippen LogP contribution in [0, 0.1) is 11.8 Å². The Morgan fingerprint density at radius 2 is 1.96 bits per heavy atom. The molecule has 0 spiro atoms. The van der Waals surface area contributed by atoms with Crippen molar-refractivity contribution in [2.45, 2.75) is 25.8 Å². The van der Waals surface area contributed by atoms with Gasteiger partial charge in [-0.3, -0.25) is 4.79 Å². The minimum absolute atomic E-state index is 0.0528. The maximum Gasteiger partial charge on any atom is 0.227 e. The highest BCUT2D eigenvalue weighted by Crippen LogP contribution is 2.31. The van der Waals surface area contributed by atoms with Crippen molar-refractivity contribution < 1.29 is 4.79 Å². The number of imidazole rings is 1. The summed E-state index contributed by atoms with van der Waals surface area (Å²) < 4.78 is 2.13. The molecule has 1 aliphatic rings. The number of hydrogen-bond donors (Lipinski definition) is 2. The third-order valence-corrected chi connectivity index (χ3v) is 5.40. The lowest BCUT2D eigenvalue weighted by Gasteiger charge is -2.17. The van der Waals surface area contributed by atoms with Crippen molar-refractivity contribution in [2.75, 3.05) is 11.9 Å². The maximum absolute atomic E-state index is 12.5. The molecule has 1 aromatic heterocycles. The monoisotopic (exact) mass is 348 g/mol. The van der Waals surface area contributed by atoms with Gasteiger partial charge in [-0.15, -0.1) is 0 Å². The first-order valence-electron chi connectivity index (χ1n) is 9.24. The van der Waals surface area contributed by atoms with Crippen LogP contribution >= 0.6 is 0 Å². The van der Waals surface area contributed by atoms with Crippen molar-refractivity contribution in [3.05, 3.63) is 60.4 Å². The Kier molecular flexibility index (Phi) is 4.71. The summed E-state index contributed by atoms with van der Waals surface area (Å²) in [5.74, 6) is 0.479. The minimum Gasteiger partial charge on any atom is -0.330 e. The average Bonchev–Trinajstić information content (AvgIpc) is 3.30. The van der Waals surface area contributed by atoms with Gasteiger partial charge in [-0.1, -0.05) is 30.7 Å². The second kappa shape index (κ2) is 7.30. The molecule has 2 aromatic carbocycles. The molecule has 3 aromatic rings. The van der Waals surface area contributed by atoms with Crippen molar-refractivity contribution in [1.82, 2.24) is 9.55 Å². The first kappa shape index (κ1) is 16.8. The van der Waals surface area contributed by atoms with Gasteiger partial charge in [0.25, 0.3) is 0 Å². The van der Waals surface area contributed by atoms with Gasteiger partial charge in [0.05, 0.1) is 17.4 Å². The number of amides is 1. The molecular weight excluding hydrogens is 324 g/mol. The molecule has 1 fully saturated rings. The lowest BCUT2D eigenvalue weighted by Crippen LogP contribution is -2.29. The largest absolute Gasteiger partial charge is 0.330 e. The fourth-order valence-electron chi connectivity index (χ4n) is 3.93. The highest BCUT2D eigenvalue weighted by Gasteiger charge is 2.31. The Hall–Kier alpha value is -2.66. The molecule has 5 heteroatoms. The van der Waals surface area contributed by atoms with Crippen LogP contribution < -0.4 is 11.1 Å². The zero-order valence-corrected chi connectivity index (χ0v) is 14.8. The number of carbonyl (C=O) groups is 1. The molecule has 0 radical (unpaired) electrons. The number of benzene rings is 2. The van der Waals surface area contributed by atoms with Gasteiger partial charge < -0.3 is 15.6 Å². The van der Waals surface area contributed by atoms with Crippen LogP contribution in [0.1, 0.15) is 24.8 Å². The maximum atomic E-state index is 12.5. The molecule has 2 atom stereocenters. The molecule has 1 heterocycles. The standard InChI is InChI=1S/C21H24N4O/c22-12-16-4-3-5-18(16)21(26)24-17-10-8-15(9-11-17)13-25-14-23-19-6-1-2-7-20(19)25/h1-2,6-11,14,16,18H,3-5,12-13,22H2,(H,24,26)/t16-,18-/m1/s1. The number of rotatable bonds is 5. The van der Waals surface area contributed by atoms with Crippen molar-refractivity contribution in [3.8, 4) is 0 Å². The number of nitrogens with two attached hydrogens (primary N) is 1. The number of fused-ring (bicyclic) bond motifs is 1. The van der Waals surface area contributed by atoms with Crippen LogP contribution in [0.4, 0.5) is 5.69 Å². The van der Waals surface area contributed by atoms with Gasteiger partial charge in [0.2, 0.25) is 5.91 Å². The third-order valence-electron chi connectivity index (χ3n) is 5.40. The van der Waals surface area contributed by atoms with Gasteiger partial charge in [0.15, 0.2) is 0 Å². The van der Waals surface area contributed by atoms with E-state index in [0.717, 1.165) is 42.5 Å². The molecular formula is C21H24N4O. The van der Waals surface area contributed by atoms with Crippen LogP contribution in [-0.2, 0) is 11.3 Å². The summed E-state index contributed by atoms with van der Waals surface area (Å²) in [4.78, 5) is 16.9. The summed E-state index contributed by atoms with van der Waals surface area (Å²) in [5.41, 5.74) is 9.94. The van der Waals surface area contributed by atoms with Crippen LogP contribution in [0.5, 0.6) is 0 Å². The SMILES string of the molecule is NC[C@H]1CCC[C@H]1C(=O)Nc1ccc(Cn2cnc3ccccc32)cc1. The van der Waals surface area contributed by atoms with Gasteiger partial charge in [0, 0.05) is 18.2 Å². The number of hydrogen-bond acceptors (Lipinski definition) is 3. The predicted molar refractivity (Wildman–Crippen MR) is 104 cm³/mol. The summed E-state index contributed by atoms with van der Waals surface area (Å²) >= 11 is 0. The molecule has 0 unspecified atom stereocenters. The summed E-state index contributed by atoms with van der Waals surface area (Å²) in [5, 5.41) is 3.05. The molecule has 0 saturated heterocycles. The molecule has 4 rings (SSSR count). The van der Waals surface area contributed by atoms with Crippen LogP contribution in [0.25, 0.3) is 11.0 Å². The van der Waals surface area contributed by atoms with Crippen molar-refractivity contribution in [1.29, 1.82) is 0 Å². The molecule has 1 saturated carbocycles. The second-order valence-electron chi connectivity index (χ2n) is 7.08. The fourth-order valence-corrected chi connectivity index (χ4v) is 3.93. The van der Waals surface area contributed by atoms with E-state index in [1.807, 2.05) is 36.7 Å². The quantitative estimate of drug-likeness (QED) is 0.742. The number of carbonyl (C=O) groups excluding carboxylic acids is 1. The number of para-hydroxylation sites is 2. The van der Waals surface area contributed by atoms with E-state index >= 15 is 0 Å². The van der Waals surface area contributed by atoms with E-state index in [1.165, 1.54) is 5.56 Å². The Morgan fingerprint density at radius 1 is 1.15 bits per heavy atom. The van der Waals surface area contributed by atoms with Crippen LogP contribution in [0.15, 0.2) is 54.9 Å². The smallest absolute Gasteiger partial charge is 0.227 e. The lowest BCUT2D eigenvalue weighted by atomic mass is 9.95. The summed E-state index contributed by atoms with van der Waals surface area (Å²) in [6, 6.07) is 16.2. The first-order valence-corrected chi connectivity index (χ1v) is 9.24. The van der Waals surface area contributed by atoms with E-state index in [1.54, 1.807) is 0 Å². The summed E-state index contributed by atoms with van der Waals surface area (Å²) in [6.45, 7) is 1.35. The predicted octanol–water partition coefficient (Wildman–Crippen LogP) is 3.40. The van der Waals surface area contributed by atoms with Crippen molar-refractivity contribution >= 4 is 22.6 Å². The molecule has 0 aliphatic heterocycles. The van der Waals surface area contributed by atoms with Crippen LogP contribution in [-0.4, -0.2) is 22.0 Å². The van der Waals surface area contributed by atoms with Crippen LogP contribution in [0.2, 0.25) is 0 Å². The second-order valence-corrected chi connectivity index (χ2v) is 7.08. The zero-order valence-electron chi connectivity index (χ0n) is 14.8. The number of nitrogens with one attached hydrogen (secondary N) is 1. The fraction of sp³-hybridized carbons (Fsp3) is 0.333. The first-order chi connectivity index (χ1) is 12.7. The van der Waals surface area contributed by atoms with Gasteiger partial charge in [-0.05, 0) is 55.1 Å². The van der Waals surface area contributed by atoms with E-state index in [2.05, 4.69) is 33.1 Å². The van der Waals surface area contributed by atoms with Gasteiger partial charge in [-0.25, -0.2) is 4.98 Å². The Balaban J connectivity index is 1.43. The average molecular weight is 348 g/mol. The zero-order chi connectivity index (χ0) is 17.9. The molecule has 1 aliphatic carbocycles. The minimum atomic E-state index is 0.0528. The highest BCUT2D eigenvalue weighted by molar-refractivity contribution is 5.93. The van der Waals surface area contributed by atoms with E-state index in [9.17, 15) is 4.79 Å². The molecule has 5 nitrogen and oxygen atoms in total. The lowest BCUT2D eigenvalue weighted by molar-refractivity contribution is -0.120. The molecule has 1 amide bonds. The van der Waals surface area contributed by atoms with E-state index in [4.69, 9.17) is 5.73 Å². The van der Waals surface area contributed by atoms with Crippen molar-refractivity contribution in [3.63, 3.8) is 0 Å². The van der Waals surface area contributed by atoms with E-state index in [-0.39, 0.29) is 11.8 Å². The summed E-state index contributed by atoms with van der Waals surface area (Å²) in [7, 11) is 0. The molecule has 0 bridgehead atoms. The Bertz CT molecular complexity index is 900. The Labute approximate surface area is 153 Å². The molecule has 26 heavy (non-hydrogen) atoms. The van der Waals surface area contributed by atoms with Gasteiger partial charge in [-0.2, -0.15) is 0 Å².